The molecular formula is C23H29N4O2+. The van der Waals surface area contributed by atoms with Gasteiger partial charge in [0.2, 0.25) is 5.95 Å². The van der Waals surface area contributed by atoms with E-state index >= 15 is 0 Å². The first kappa shape index (κ1) is 19.5. The monoisotopic (exact) mass is 393 g/mol. The predicted molar refractivity (Wildman–Crippen MR) is 115 cm³/mol. The van der Waals surface area contributed by atoms with E-state index in [9.17, 15) is 5.11 Å². The molecule has 0 saturated carbocycles. The van der Waals surface area contributed by atoms with Gasteiger partial charge in [0.05, 0.1) is 37.3 Å². The molecular weight excluding hydrogens is 364 g/mol. The molecule has 0 bridgehead atoms. The number of para-hydroxylation sites is 3. The smallest absolute Gasteiger partial charge is 0.204 e. The van der Waals surface area contributed by atoms with Gasteiger partial charge >= 0.3 is 0 Å². The normalized spacial score (nSPS) is 14.9. The zero-order chi connectivity index (χ0) is 20.1. The Kier molecular flexibility index (Phi) is 6.12. The number of imidazole rings is 1. The second-order valence-electron chi connectivity index (χ2n) is 7.46. The second-order valence-corrected chi connectivity index (χ2v) is 7.46. The highest BCUT2D eigenvalue weighted by Gasteiger charge is 2.17. The summed E-state index contributed by atoms with van der Waals surface area (Å²) < 4.78 is 7.73. The summed E-state index contributed by atoms with van der Waals surface area (Å²) in [5.41, 5.74) is 3.87. The number of morpholine rings is 1. The van der Waals surface area contributed by atoms with Crippen molar-refractivity contribution in [3.8, 4) is 5.75 Å². The van der Waals surface area contributed by atoms with Gasteiger partial charge in [-0.15, -0.1) is 6.58 Å². The van der Waals surface area contributed by atoms with Crippen LogP contribution in [0.4, 0.5) is 5.95 Å². The van der Waals surface area contributed by atoms with Gasteiger partial charge in [0.25, 0.3) is 0 Å². The summed E-state index contributed by atoms with van der Waals surface area (Å²) in [6.07, 6.45) is 2.46. The highest BCUT2D eigenvalue weighted by atomic mass is 16.5. The minimum Gasteiger partial charge on any atom is -0.507 e. The minimum atomic E-state index is 0.334. The van der Waals surface area contributed by atoms with Crippen molar-refractivity contribution in [3.63, 3.8) is 0 Å². The molecule has 152 valence electrons. The number of nitrogens with zero attached hydrogens (tertiary/aromatic N) is 2. The maximum Gasteiger partial charge on any atom is 0.204 e. The van der Waals surface area contributed by atoms with E-state index in [4.69, 9.17) is 9.72 Å². The third-order valence-corrected chi connectivity index (χ3v) is 5.55. The Morgan fingerprint density at radius 3 is 2.76 bits per heavy atom. The summed E-state index contributed by atoms with van der Waals surface area (Å²) in [6.45, 7) is 10.0. The molecule has 6 nitrogen and oxygen atoms in total. The van der Waals surface area contributed by atoms with Crippen LogP contribution in [0.5, 0.6) is 5.75 Å². The number of hydrogen-bond acceptors (Lipinski definition) is 4. The van der Waals surface area contributed by atoms with Gasteiger partial charge in [-0.1, -0.05) is 36.4 Å². The fourth-order valence-corrected chi connectivity index (χ4v) is 3.90. The van der Waals surface area contributed by atoms with E-state index < -0.39 is 0 Å². The fourth-order valence-electron chi connectivity index (χ4n) is 3.90. The molecule has 3 aromatic rings. The third-order valence-electron chi connectivity index (χ3n) is 5.55. The molecule has 4 rings (SSSR count). The number of aromatic nitrogens is 2. The van der Waals surface area contributed by atoms with Crippen LogP contribution >= 0.6 is 0 Å². The van der Waals surface area contributed by atoms with E-state index in [0.717, 1.165) is 67.5 Å². The molecule has 1 fully saturated rings. The highest BCUT2D eigenvalue weighted by Crippen LogP contribution is 2.25. The predicted octanol–water partition coefficient (Wildman–Crippen LogP) is 2.00. The molecule has 1 aliphatic heterocycles. The summed E-state index contributed by atoms with van der Waals surface area (Å²) in [5.74, 6) is 1.17. The molecule has 0 unspecified atom stereocenters. The summed E-state index contributed by atoms with van der Waals surface area (Å²) in [6, 6.07) is 14.1. The molecule has 0 spiro atoms. The van der Waals surface area contributed by atoms with Gasteiger partial charge in [-0.25, -0.2) is 4.98 Å². The lowest BCUT2D eigenvalue weighted by atomic mass is 10.1. The highest BCUT2D eigenvalue weighted by molar-refractivity contribution is 5.78. The molecule has 2 aromatic carbocycles. The van der Waals surface area contributed by atoms with E-state index in [-0.39, 0.29) is 0 Å². The lowest BCUT2D eigenvalue weighted by molar-refractivity contribution is -0.908. The fraction of sp³-hybridized carbons (Fsp3) is 0.348. The molecule has 1 aromatic heterocycles. The minimum absolute atomic E-state index is 0.334. The third kappa shape index (κ3) is 4.44. The molecule has 2 heterocycles. The van der Waals surface area contributed by atoms with Crippen LogP contribution in [-0.4, -0.2) is 47.5 Å². The Balaban J connectivity index is 1.53. The lowest BCUT2D eigenvalue weighted by Crippen LogP contribution is -3.14. The largest absolute Gasteiger partial charge is 0.507 e. The van der Waals surface area contributed by atoms with Crippen LogP contribution < -0.4 is 10.2 Å². The van der Waals surface area contributed by atoms with Crippen LogP contribution in [-0.2, 0) is 24.2 Å². The number of hydrogen-bond donors (Lipinski definition) is 3. The Bertz CT molecular complexity index is 976. The zero-order valence-electron chi connectivity index (χ0n) is 16.7. The average Bonchev–Trinajstić information content (AvgIpc) is 3.11. The van der Waals surface area contributed by atoms with E-state index in [1.54, 1.807) is 11.0 Å². The van der Waals surface area contributed by atoms with Crippen molar-refractivity contribution in [1.29, 1.82) is 0 Å². The number of phenolic OH excluding ortho intramolecular Hbond substituents is 1. The first-order valence-electron chi connectivity index (χ1n) is 10.3. The topological polar surface area (TPSA) is 63.8 Å². The molecule has 0 radical (unpaired) electrons. The van der Waals surface area contributed by atoms with Crippen LogP contribution in [0.15, 0.2) is 55.1 Å². The molecule has 0 atom stereocenters. The molecule has 3 N–H and O–H groups in total. The number of aromatic hydroxyl groups is 1. The number of quaternary nitrogens is 1. The molecule has 0 aliphatic carbocycles. The van der Waals surface area contributed by atoms with Crippen LogP contribution in [0.2, 0.25) is 0 Å². The molecule has 29 heavy (non-hydrogen) atoms. The quantitative estimate of drug-likeness (QED) is 0.512. The van der Waals surface area contributed by atoms with Crippen molar-refractivity contribution in [2.75, 3.05) is 38.2 Å². The van der Waals surface area contributed by atoms with Crippen molar-refractivity contribution >= 4 is 17.0 Å². The molecule has 0 amide bonds. The lowest BCUT2D eigenvalue weighted by Gasteiger charge is -2.24. The van der Waals surface area contributed by atoms with Gasteiger partial charge in [-0.05, 0) is 24.1 Å². The van der Waals surface area contributed by atoms with Crippen molar-refractivity contribution in [2.24, 2.45) is 0 Å². The second kappa shape index (κ2) is 9.11. The van der Waals surface area contributed by atoms with Crippen molar-refractivity contribution in [2.45, 2.75) is 19.5 Å². The van der Waals surface area contributed by atoms with Crippen molar-refractivity contribution in [3.05, 3.63) is 66.2 Å². The Morgan fingerprint density at radius 2 is 1.93 bits per heavy atom. The van der Waals surface area contributed by atoms with E-state index in [2.05, 4.69) is 28.6 Å². The van der Waals surface area contributed by atoms with Gasteiger partial charge in [0, 0.05) is 12.1 Å². The maximum atomic E-state index is 10.6. The number of anilines is 1. The Morgan fingerprint density at radius 1 is 1.14 bits per heavy atom. The summed E-state index contributed by atoms with van der Waals surface area (Å²) in [7, 11) is 0. The number of nitrogens with one attached hydrogen (secondary N) is 2. The van der Waals surface area contributed by atoms with Crippen LogP contribution in [0.25, 0.3) is 11.0 Å². The first-order valence-corrected chi connectivity index (χ1v) is 10.3. The van der Waals surface area contributed by atoms with Gasteiger partial charge in [-0.2, -0.15) is 0 Å². The summed E-state index contributed by atoms with van der Waals surface area (Å²) in [5, 5.41) is 14.0. The molecule has 1 aliphatic rings. The molecule has 6 heteroatoms. The van der Waals surface area contributed by atoms with E-state index in [1.807, 2.05) is 30.3 Å². The SMILES string of the molecule is C=CCc1cccc(CNc2nc3ccccc3n2CC[NH+]2CCOCC2)c1O. The maximum absolute atomic E-state index is 10.6. The molecule has 1 saturated heterocycles. The number of rotatable bonds is 8. The van der Waals surface area contributed by atoms with Crippen molar-refractivity contribution < 1.29 is 14.7 Å². The standard InChI is InChI=1S/C23H28N4O2/c1-2-6-18-7-5-8-19(22(18)28)17-24-23-25-20-9-3-4-10-21(20)27(23)12-11-26-13-15-29-16-14-26/h2-5,7-10,28H,1,6,11-17H2,(H,24,25)/p+1. The average molecular weight is 394 g/mol. The number of phenols is 1. The summed E-state index contributed by atoms with van der Waals surface area (Å²) in [4.78, 5) is 6.36. The first-order chi connectivity index (χ1) is 14.3. The number of ether oxygens (including phenoxy) is 1. The summed E-state index contributed by atoms with van der Waals surface area (Å²) >= 11 is 0. The van der Waals surface area contributed by atoms with E-state index in [0.29, 0.717) is 18.7 Å². The Labute approximate surface area is 171 Å². The van der Waals surface area contributed by atoms with Gasteiger partial charge < -0.3 is 24.6 Å². The van der Waals surface area contributed by atoms with Gasteiger partial charge in [0.1, 0.15) is 18.8 Å². The van der Waals surface area contributed by atoms with E-state index in [1.165, 1.54) is 0 Å². The van der Waals surface area contributed by atoms with Gasteiger partial charge in [-0.3, -0.25) is 0 Å². The number of allylic oxidation sites excluding steroid dienone is 1. The number of fused-ring (bicyclic) bond motifs is 1. The van der Waals surface area contributed by atoms with Crippen LogP contribution in [0.1, 0.15) is 11.1 Å². The van der Waals surface area contributed by atoms with Crippen molar-refractivity contribution in [1.82, 2.24) is 9.55 Å². The van der Waals surface area contributed by atoms with Gasteiger partial charge in [0.15, 0.2) is 0 Å². The Hall–Kier alpha value is -2.83. The van der Waals surface area contributed by atoms with Crippen LogP contribution in [0.3, 0.4) is 0 Å². The van der Waals surface area contributed by atoms with Crippen LogP contribution in [0, 0.1) is 0 Å². The number of benzene rings is 2. The zero-order valence-corrected chi connectivity index (χ0v) is 16.7.